The number of benzene rings is 1. The van der Waals surface area contributed by atoms with E-state index in [4.69, 9.17) is 11.6 Å². The molecule has 0 saturated carbocycles. The molecule has 0 aliphatic heterocycles. The lowest BCUT2D eigenvalue weighted by atomic mass is 10.3. The number of hydrogen-bond donors (Lipinski definition) is 0. The number of halogens is 2. The molecule has 0 unspecified atom stereocenters. The number of hydrogen-bond acceptors (Lipinski definition) is 3. The number of carbonyl (C=O) groups excluding carboxylic acids is 1. The largest absolute Gasteiger partial charge is 0.273 e. The molecule has 0 aromatic heterocycles. The highest BCUT2D eigenvalue weighted by Crippen LogP contribution is 2.28. The first-order valence-corrected chi connectivity index (χ1v) is 6.90. The summed E-state index contributed by atoms with van der Waals surface area (Å²) in [6.07, 6.45) is 0.862. The Morgan fingerprint density at radius 3 is 2.59 bits per heavy atom. The third kappa shape index (κ3) is 3.17. The van der Waals surface area contributed by atoms with Crippen LogP contribution in [0.3, 0.4) is 0 Å². The molecule has 0 N–H and O–H groups in total. The van der Waals surface area contributed by atoms with Crippen LogP contribution in [-0.2, 0) is 14.8 Å². The lowest BCUT2D eigenvalue weighted by Crippen LogP contribution is -2.35. The van der Waals surface area contributed by atoms with Gasteiger partial charge in [0.2, 0.25) is 15.9 Å². The molecule has 1 aromatic rings. The first kappa shape index (κ1) is 13.9. The van der Waals surface area contributed by atoms with E-state index in [9.17, 15) is 17.6 Å². The van der Waals surface area contributed by atoms with E-state index in [2.05, 4.69) is 6.07 Å². The minimum absolute atomic E-state index is 0.0131. The van der Waals surface area contributed by atoms with Crippen molar-refractivity contribution in [2.24, 2.45) is 0 Å². The summed E-state index contributed by atoms with van der Waals surface area (Å²) in [5, 5.41) is -0.159. The zero-order valence-corrected chi connectivity index (χ0v) is 10.8. The fraction of sp³-hybridized carbons (Fsp3) is 0.300. The van der Waals surface area contributed by atoms with Crippen molar-refractivity contribution < 1.29 is 17.6 Å². The summed E-state index contributed by atoms with van der Waals surface area (Å²) in [6.45, 7) is 1.52. The fourth-order valence-electron chi connectivity index (χ4n) is 1.23. The summed E-state index contributed by atoms with van der Waals surface area (Å²) in [7, 11) is -3.81. The van der Waals surface area contributed by atoms with Gasteiger partial charge in [0.15, 0.2) is 0 Å². The Labute approximate surface area is 104 Å². The maximum atomic E-state index is 12.8. The van der Waals surface area contributed by atoms with Gasteiger partial charge < -0.3 is 0 Å². The maximum Gasteiger partial charge on any atom is 0.240 e. The van der Waals surface area contributed by atoms with E-state index in [1.54, 1.807) is 0 Å². The van der Waals surface area contributed by atoms with Gasteiger partial charge in [-0.1, -0.05) is 18.5 Å². The second kappa shape index (κ2) is 5.01. The van der Waals surface area contributed by atoms with Crippen molar-refractivity contribution in [2.75, 3.05) is 10.6 Å². The highest BCUT2D eigenvalue weighted by molar-refractivity contribution is 7.92. The molecule has 17 heavy (non-hydrogen) atoms. The smallest absolute Gasteiger partial charge is 0.240 e. The van der Waals surface area contributed by atoms with Gasteiger partial charge in [0.25, 0.3) is 0 Å². The maximum absolute atomic E-state index is 12.8. The molecule has 0 spiro atoms. The van der Waals surface area contributed by atoms with Crippen molar-refractivity contribution >= 4 is 33.2 Å². The Hall–Kier alpha value is -1.14. The summed E-state index contributed by atoms with van der Waals surface area (Å²) in [5.41, 5.74) is -0.0950. The number of anilines is 1. The second-order valence-corrected chi connectivity index (χ2v) is 5.53. The van der Waals surface area contributed by atoms with Crippen molar-refractivity contribution in [3.63, 3.8) is 0 Å². The second-order valence-electron chi connectivity index (χ2n) is 3.29. The van der Waals surface area contributed by atoms with Crippen LogP contribution < -0.4 is 4.31 Å². The molecule has 0 aliphatic rings. The first-order valence-electron chi connectivity index (χ1n) is 4.67. The predicted molar refractivity (Wildman–Crippen MR) is 62.9 cm³/mol. The monoisotopic (exact) mass is 278 g/mol. The molecule has 1 rings (SSSR count). The van der Waals surface area contributed by atoms with Gasteiger partial charge in [-0.15, -0.1) is 0 Å². The SMILES string of the molecule is CCC(=O)N(c1c[c]c(F)cc1Cl)S(C)(=O)=O. The predicted octanol–water partition coefficient (Wildman–Crippen LogP) is 1.98. The Bertz CT molecular complexity index is 544. The zero-order chi connectivity index (χ0) is 13.2. The van der Waals surface area contributed by atoms with E-state index in [1.165, 1.54) is 6.92 Å². The number of sulfonamides is 1. The molecule has 0 fully saturated rings. The standard InChI is InChI=1S/C10H10ClFNO3S/c1-3-10(14)13(17(2,15)16)9-5-4-7(12)6-8(9)11/h5-6H,3H2,1-2H3. The van der Waals surface area contributed by atoms with Crippen LogP contribution in [0.25, 0.3) is 0 Å². The third-order valence-electron chi connectivity index (χ3n) is 1.92. The van der Waals surface area contributed by atoms with Crippen LogP contribution in [0.15, 0.2) is 12.1 Å². The van der Waals surface area contributed by atoms with Crippen molar-refractivity contribution in [3.05, 3.63) is 29.0 Å². The van der Waals surface area contributed by atoms with Crippen LogP contribution >= 0.6 is 11.6 Å². The van der Waals surface area contributed by atoms with E-state index < -0.39 is 21.7 Å². The molecule has 1 amide bonds. The van der Waals surface area contributed by atoms with Crippen molar-refractivity contribution in [1.82, 2.24) is 0 Å². The molecule has 0 atom stereocenters. The Morgan fingerprint density at radius 2 is 2.18 bits per heavy atom. The highest BCUT2D eigenvalue weighted by atomic mass is 35.5. The van der Waals surface area contributed by atoms with Crippen molar-refractivity contribution in [3.8, 4) is 0 Å². The van der Waals surface area contributed by atoms with E-state index in [0.717, 1.165) is 18.4 Å². The van der Waals surface area contributed by atoms with Crippen molar-refractivity contribution in [1.29, 1.82) is 0 Å². The Kier molecular flexibility index (Phi) is 4.11. The van der Waals surface area contributed by atoms with Gasteiger partial charge in [-0.05, 0) is 12.1 Å². The molecule has 1 aromatic carbocycles. The summed E-state index contributed by atoms with van der Waals surface area (Å²) < 4.78 is 36.4. The van der Waals surface area contributed by atoms with E-state index in [0.29, 0.717) is 4.31 Å². The minimum Gasteiger partial charge on any atom is -0.273 e. The van der Waals surface area contributed by atoms with Crippen LogP contribution in [0.5, 0.6) is 0 Å². The summed E-state index contributed by atoms with van der Waals surface area (Å²) in [6, 6.07) is 4.10. The molecule has 0 aliphatic carbocycles. The molecular formula is C10H10ClFNO3S. The van der Waals surface area contributed by atoms with Crippen LogP contribution in [0.4, 0.5) is 10.1 Å². The lowest BCUT2D eigenvalue weighted by molar-refractivity contribution is -0.117. The van der Waals surface area contributed by atoms with E-state index in [-0.39, 0.29) is 17.1 Å². The van der Waals surface area contributed by atoms with E-state index in [1.807, 2.05) is 0 Å². The average molecular weight is 279 g/mol. The molecule has 93 valence electrons. The number of nitrogens with zero attached hydrogens (tertiary/aromatic N) is 1. The molecule has 1 radical (unpaired) electrons. The van der Waals surface area contributed by atoms with Gasteiger partial charge in [-0.2, -0.15) is 0 Å². The minimum atomic E-state index is -3.81. The summed E-state index contributed by atoms with van der Waals surface area (Å²) in [5.74, 6) is -1.37. The molecule has 0 heterocycles. The molecule has 0 bridgehead atoms. The average Bonchev–Trinajstić information content (AvgIpc) is 2.19. The first-order chi connectivity index (χ1) is 7.77. The van der Waals surface area contributed by atoms with Crippen molar-refractivity contribution in [2.45, 2.75) is 13.3 Å². The summed E-state index contributed by atoms with van der Waals surface area (Å²) >= 11 is 5.71. The summed E-state index contributed by atoms with van der Waals surface area (Å²) in [4.78, 5) is 11.6. The highest BCUT2D eigenvalue weighted by Gasteiger charge is 2.26. The fourth-order valence-corrected chi connectivity index (χ4v) is 2.52. The van der Waals surface area contributed by atoms with Gasteiger partial charge in [0.1, 0.15) is 5.82 Å². The lowest BCUT2D eigenvalue weighted by Gasteiger charge is -2.20. The van der Waals surface area contributed by atoms with Crippen LogP contribution in [0.1, 0.15) is 13.3 Å². The molecular weight excluding hydrogens is 269 g/mol. The molecule has 4 nitrogen and oxygen atoms in total. The Balaban J connectivity index is 3.38. The van der Waals surface area contributed by atoms with Crippen LogP contribution in [0, 0.1) is 11.9 Å². The van der Waals surface area contributed by atoms with E-state index >= 15 is 0 Å². The van der Waals surface area contributed by atoms with Gasteiger partial charge in [0.05, 0.1) is 17.0 Å². The zero-order valence-electron chi connectivity index (χ0n) is 9.20. The topological polar surface area (TPSA) is 54.5 Å². The van der Waals surface area contributed by atoms with Crippen LogP contribution in [0.2, 0.25) is 5.02 Å². The number of amides is 1. The normalized spacial score (nSPS) is 11.3. The van der Waals surface area contributed by atoms with Gasteiger partial charge in [-0.3, -0.25) is 4.79 Å². The van der Waals surface area contributed by atoms with Gasteiger partial charge >= 0.3 is 0 Å². The third-order valence-corrected chi connectivity index (χ3v) is 3.29. The van der Waals surface area contributed by atoms with Gasteiger partial charge in [0, 0.05) is 12.5 Å². The Morgan fingerprint density at radius 1 is 1.59 bits per heavy atom. The number of carbonyl (C=O) groups is 1. The number of rotatable bonds is 3. The quantitative estimate of drug-likeness (QED) is 0.849. The van der Waals surface area contributed by atoms with Crippen LogP contribution in [-0.4, -0.2) is 20.6 Å². The van der Waals surface area contributed by atoms with Gasteiger partial charge in [-0.25, -0.2) is 17.1 Å². The molecule has 0 saturated heterocycles. The molecule has 7 heteroatoms.